The van der Waals surface area contributed by atoms with Crippen molar-refractivity contribution in [2.24, 2.45) is 0 Å². The van der Waals surface area contributed by atoms with Crippen molar-refractivity contribution >= 4 is 0 Å². The van der Waals surface area contributed by atoms with Gasteiger partial charge in [0.25, 0.3) is 0 Å². The zero-order valence-corrected chi connectivity index (χ0v) is 10.9. The van der Waals surface area contributed by atoms with Crippen molar-refractivity contribution in [3.63, 3.8) is 0 Å². The Balaban J connectivity index is 1.74. The van der Waals surface area contributed by atoms with E-state index >= 15 is 0 Å². The summed E-state index contributed by atoms with van der Waals surface area (Å²) in [4.78, 5) is 2.57. The van der Waals surface area contributed by atoms with Crippen LogP contribution < -0.4 is 5.32 Å². The largest absolute Gasteiger partial charge is 0.305 e. The van der Waals surface area contributed by atoms with Crippen molar-refractivity contribution in [1.29, 1.82) is 0 Å². The minimum absolute atomic E-state index is 0.345. The average Bonchev–Trinajstić information content (AvgIpc) is 2.83. The molecular formula is C13H24N4. The van der Waals surface area contributed by atoms with Crippen LogP contribution in [0.25, 0.3) is 0 Å². The molecule has 1 saturated heterocycles. The van der Waals surface area contributed by atoms with Crippen molar-refractivity contribution in [1.82, 2.24) is 20.4 Å². The van der Waals surface area contributed by atoms with Crippen molar-refractivity contribution in [2.75, 3.05) is 19.6 Å². The molecule has 2 unspecified atom stereocenters. The molecule has 1 aliphatic heterocycles. The van der Waals surface area contributed by atoms with Crippen molar-refractivity contribution in [3.05, 3.63) is 18.0 Å². The number of H-pyrrole nitrogens is 1. The van der Waals surface area contributed by atoms with Crippen LogP contribution in [0.5, 0.6) is 0 Å². The Hall–Kier alpha value is -0.870. The van der Waals surface area contributed by atoms with Crippen LogP contribution >= 0.6 is 0 Å². The topological polar surface area (TPSA) is 44.0 Å². The molecule has 1 aliphatic rings. The number of aromatic amines is 1. The van der Waals surface area contributed by atoms with Crippen LogP contribution in [0.15, 0.2) is 12.3 Å². The molecule has 4 nitrogen and oxygen atoms in total. The molecule has 0 aliphatic carbocycles. The van der Waals surface area contributed by atoms with Gasteiger partial charge in [-0.1, -0.05) is 6.42 Å². The van der Waals surface area contributed by atoms with Gasteiger partial charge in [0.15, 0.2) is 0 Å². The van der Waals surface area contributed by atoms with E-state index in [1.165, 1.54) is 32.4 Å². The van der Waals surface area contributed by atoms with Crippen LogP contribution in [0.2, 0.25) is 0 Å². The van der Waals surface area contributed by atoms with Gasteiger partial charge in [-0.2, -0.15) is 5.10 Å². The van der Waals surface area contributed by atoms with Crippen LogP contribution in [0, 0.1) is 0 Å². The maximum absolute atomic E-state index is 3.99. The smallest absolute Gasteiger partial charge is 0.0518 e. The highest BCUT2D eigenvalue weighted by molar-refractivity contribution is 5.03. The summed E-state index contributed by atoms with van der Waals surface area (Å²) in [6.07, 6.45) is 5.94. The second kappa shape index (κ2) is 6.17. The van der Waals surface area contributed by atoms with E-state index in [9.17, 15) is 0 Å². The van der Waals surface area contributed by atoms with Crippen LogP contribution in [0.4, 0.5) is 0 Å². The highest BCUT2D eigenvalue weighted by atomic mass is 15.2. The second-order valence-electron chi connectivity index (χ2n) is 5.16. The van der Waals surface area contributed by atoms with Gasteiger partial charge < -0.3 is 10.2 Å². The van der Waals surface area contributed by atoms with Gasteiger partial charge in [0.1, 0.15) is 0 Å². The molecule has 2 heterocycles. The Kier molecular flexibility index (Phi) is 4.57. The summed E-state index contributed by atoms with van der Waals surface area (Å²) in [5.74, 6) is 0. The third-order valence-electron chi connectivity index (χ3n) is 3.50. The third-order valence-corrected chi connectivity index (χ3v) is 3.50. The first-order chi connectivity index (χ1) is 8.25. The van der Waals surface area contributed by atoms with Crippen LogP contribution in [0.3, 0.4) is 0 Å². The first-order valence-corrected chi connectivity index (χ1v) is 6.73. The minimum atomic E-state index is 0.345. The number of hydrogen-bond acceptors (Lipinski definition) is 3. The molecule has 0 radical (unpaired) electrons. The molecule has 96 valence electrons. The molecule has 1 fully saturated rings. The number of nitrogens with zero attached hydrogens (tertiary/aromatic N) is 2. The van der Waals surface area contributed by atoms with E-state index in [0.29, 0.717) is 12.1 Å². The summed E-state index contributed by atoms with van der Waals surface area (Å²) >= 11 is 0. The molecular weight excluding hydrogens is 212 g/mol. The molecule has 0 spiro atoms. The Bertz CT molecular complexity index is 303. The quantitative estimate of drug-likeness (QED) is 0.821. The molecule has 1 aromatic rings. The van der Waals surface area contributed by atoms with Crippen LogP contribution in [0.1, 0.15) is 44.8 Å². The monoisotopic (exact) mass is 236 g/mol. The predicted molar refractivity (Wildman–Crippen MR) is 69.9 cm³/mol. The Morgan fingerprint density at radius 2 is 2.12 bits per heavy atom. The number of rotatable bonds is 5. The molecule has 2 atom stereocenters. The Labute approximate surface area is 104 Å². The van der Waals surface area contributed by atoms with Crippen LogP contribution in [-0.4, -0.2) is 40.8 Å². The van der Waals surface area contributed by atoms with Crippen LogP contribution in [-0.2, 0) is 0 Å². The number of hydrogen-bond donors (Lipinski definition) is 2. The van der Waals surface area contributed by atoms with E-state index in [1.807, 2.05) is 12.3 Å². The van der Waals surface area contributed by atoms with Crippen molar-refractivity contribution < 1.29 is 0 Å². The molecule has 1 aromatic heterocycles. The van der Waals surface area contributed by atoms with Gasteiger partial charge in [-0.25, -0.2) is 0 Å². The molecule has 4 heteroatoms. The van der Waals surface area contributed by atoms with E-state index in [1.54, 1.807) is 0 Å². The van der Waals surface area contributed by atoms with Gasteiger partial charge in [0.2, 0.25) is 0 Å². The summed E-state index contributed by atoms with van der Waals surface area (Å²) in [6, 6.07) is 2.90. The van der Waals surface area contributed by atoms with E-state index < -0.39 is 0 Å². The van der Waals surface area contributed by atoms with E-state index in [0.717, 1.165) is 12.2 Å². The van der Waals surface area contributed by atoms with Crippen molar-refractivity contribution in [3.8, 4) is 0 Å². The fourth-order valence-corrected chi connectivity index (χ4v) is 2.61. The van der Waals surface area contributed by atoms with Gasteiger partial charge in [-0.15, -0.1) is 0 Å². The zero-order chi connectivity index (χ0) is 12.1. The predicted octanol–water partition coefficient (Wildman–Crippen LogP) is 1.93. The standard InChI is InChI=1S/C13H24N4/c1-11(10-17-8-4-3-5-9-17)15-12(2)13-6-7-14-16-13/h6-7,11-12,15H,3-5,8-10H2,1-2H3,(H,14,16). The van der Waals surface area contributed by atoms with Gasteiger partial charge >= 0.3 is 0 Å². The Morgan fingerprint density at radius 3 is 2.76 bits per heavy atom. The third kappa shape index (κ3) is 3.82. The molecule has 0 saturated carbocycles. The normalized spacial score (nSPS) is 21.3. The highest BCUT2D eigenvalue weighted by Gasteiger charge is 2.15. The number of piperidine rings is 1. The lowest BCUT2D eigenvalue weighted by Gasteiger charge is -2.30. The minimum Gasteiger partial charge on any atom is -0.305 e. The first-order valence-electron chi connectivity index (χ1n) is 6.73. The van der Waals surface area contributed by atoms with E-state index in [-0.39, 0.29) is 0 Å². The summed E-state index contributed by atoms with van der Waals surface area (Å²) < 4.78 is 0. The molecule has 0 aromatic carbocycles. The van der Waals surface area contributed by atoms with E-state index in [2.05, 4.69) is 34.3 Å². The lowest BCUT2D eigenvalue weighted by molar-refractivity contribution is 0.205. The maximum atomic E-state index is 3.99. The summed E-state index contributed by atoms with van der Waals surface area (Å²) in [7, 11) is 0. The number of likely N-dealkylation sites (tertiary alicyclic amines) is 1. The fourth-order valence-electron chi connectivity index (χ4n) is 2.61. The summed E-state index contributed by atoms with van der Waals surface area (Å²) in [6.45, 7) is 8.13. The number of nitrogens with one attached hydrogen (secondary N) is 2. The molecule has 2 N–H and O–H groups in total. The molecule has 17 heavy (non-hydrogen) atoms. The summed E-state index contributed by atoms with van der Waals surface area (Å²) in [5, 5.41) is 10.6. The molecule has 2 rings (SSSR count). The Morgan fingerprint density at radius 1 is 1.35 bits per heavy atom. The molecule has 0 bridgehead atoms. The van der Waals surface area contributed by atoms with Gasteiger partial charge in [-0.05, 0) is 45.8 Å². The number of aromatic nitrogens is 2. The van der Waals surface area contributed by atoms with Crippen molar-refractivity contribution in [2.45, 2.75) is 45.2 Å². The van der Waals surface area contributed by atoms with Gasteiger partial charge in [0.05, 0.1) is 5.69 Å². The lowest BCUT2D eigenvalue weighted by atomic mass is 10.1. The second-order valence-corrected chi connectivity index (χ2v) is 5.16. The first kappa shape index (κ1) is 12.6. The SMILES string of the molecule is CC(CN1CCCCC1)NC(C)c1ccn[nH]1. The fraction of sp³-hybridized carbons (Fsp3) is 0.769. The zero-order valence-electron chi connectivity index (χ0n) is 10.9. The molecule has 0 amide bonds. The highest BCUT2D eigenvalue weighted by Crippen LogP contribution is 2.11. The van der Waals surface area contributed by atoms with E-state index in [4.69, 9.17) is 0 Å². The lowest BCUT2D eigenvalue weighted by Crippen LogP contribution is -2.42. The van der Waals surface area contributed by atoms with Gasteiger partial charge in [0, 0.05) is 24.8 Å². The average molecular weight is 236 g/mol. The summed E-state index contributed by atoms with van der Waals surface area (Å²) in [5.41, 5.74) is 1.16. The van der Waals surface area contributed by atoms with Gasteiger partial charge in [-0.3, -0.25) is 5.10 Å². The maximum Gasteiger partial charge on any atom is 0.0518 e.